The van der Waals surface area contributed by atoms with Gasteiger partial charge in [0.2, 0.25) is 17.7 Å². The van der Waals surface area contributed by atoms with E-state index in [0.717, 1.165) is 45.2 Å². The van der Waals surface area contributed by atoms with Gasteiger partial charge in [-0.05, 0) is 32.1 Å². The molecule has 6 nitrogen and oxygen atoms in total. The maximum Gasteiger partial charge on any atom is 0.227 e. The van der Waals surface area contributed by atoms with E-state index in [4.69, 9.17) is 0 Å². The van der Waals surface area contributed by atoms with Crippen molar-refractivity contribution >= 4 is 17.7 Å². The number of carbonyl (C=O) groups excluding carboxylic acids is 3. The molecule has 3 amide bonds. The third-order valence-electron chi connectivity index (χ3n) is 5.27. The maximum atomic E-state index is 13.0. The fraction of sp³-hybridized carbons (Fsp3) is 0.850. The third-order valence-corrected chi connectivity index (χ3v) is 5.27. The zero-order valence-corrected chi connectivity index (χ0v) is 16.8. The number of piperidine rings is 2. The van der Waals surface area contributed by atoms with Gasteiger partial charge in [0.25, 0.3) is 0 Å². The first-order valence-electron chi connectivity index (χ1n) is 10.1. The molecule has 1 N–H and O–H groups in total. The van der Waals surface area contributed by atoms with Gasteiger partial charge in [0.15, 0.2) is 0 Å². The second-order valence-electron chi connectivity index (χ2n) is 8.78. The Morgan fingerprint density at radius 2 is 1.65 bits per heavy atom. The van der Waals surface area contributed by atoms with E-state index in [1.165, 1.54) is 0 Å². The number of hydrogen-bond donors (Lipinski definition) is 1. The van der Waals surface area contributed by atoms with E-state index in [2.05, 4.69) is 5.32 Å². The van der Waals surface area contributed by atoms with Gasteiger partial charge in [-0.3, -0.25) is 14.4 Å². The van der Waals surface area contributed by atoms with Crippen molar-refractivity contribution in [2.24, 2.45) is 11.3 Å². The summed E-state index contributed by atoms with van der Waals surface area (Å²) in [5.41, 5.74) is -0.412. The van der Waals surface area contributed by atoms with Crippen LogP contribution in [0.2, 0.25) is 0 Å². The van der Waals surface area contributed by atoms with Gasteiger partial charge in [0.05, 0.1) is 5.92 Å². The molecule has 0 aromatic heterocycles. The molecule has 0 bridgehead atoms. The molecule has 0 saturated carbocycles. The quantitative estimate of drug-likeness (QED) is 0.830. The molecule has 2 atom stereocenters. The van der Waals surface area contributed by atoms with Crippen LogP contribution in [0.3, 0.4) is 0 Å². The highest BCUT2D eigenvalue weighted by Crippen LogP contribution is 2.25. The lowest BCUT2D eigenvalue weighted by Crippen LogP contribution is -2.54. The normalized spacial score (nSPS) is 24.3. The monoisotopic (exact) mass is 365 g/mol. The number of rotatable bonds is 4. The highest BCUT2D eigenvalue weighted by Gasteiger charge is 2.36. The Morgan fingerprint density at radius 1 is 1.00 bits per heavy atom. The summed E-state index contributed by atoms with van der Waals surface area (Å²) in [6.07, 6.45) is 4.94. The van der Waals surface area contributed by atoms with Gasteiger partial charge in [-0.15, -0.1) is 0 Å². The lowest BCUT2D eigenvalue weighted by molar-refractivity contribution is -0.146. The van der Waals surface area contributed by atoms with Crippen molar-refractivity contribution in [1.82, 2.24) is 15.1 Å². The second-order valence-corrected chi connectivity index (χ2v) is 8.78. The van der Waals surface area contributed by atoms with Crippen molar-refractivity contribution in [3.63, 3.8) is 0 Å². The first kappa shape index (κ1) is 20.7. The van der Waals surface area contributed by atoms with E-state index in [9.17, 15) is 14.4 Å². The zero-order valence-electron chi connectivity index (χ0n) is 16.8. The Hall–Kier alpha value is -1.59. The number of carbonyl (C=O) groups is 3. The highest BCUT2D eigenvalue weighted by molar-refractivity contribution is 5.84. The Morgan fingerprint density at radius 3 is 2.31 bits per heavy atom. The summed E-state index contributed by atoms with van der Waals surface area (Å²) in [5, 5.41) is 3.06. The van der Waals surface area contributed by atoms with Crippen LogP contribution in [0.4, 0.5) is 0 Å². The van der Waals surface area contributed by atoms with Gasteiger partial charge in [-0.1, -0.05) is 27.7 Å². The molecule has 2 rings (SSSR count). The lowest BCUT2D eigenvalue weighted by atomic mass is 9.90. The van der Waals surface area contributed by atoms with Crippen LogP contribution in [-0.4, -0.2) is 59.7 Å². The summed E-state index contributed by atoms with van der Waals surface area (Å²) in [5.74, 6) is 0.232. The zero-order chi connectivity index (χ0) is 19.3. The first-order chi connectivity index (χ1) is 12.2. The van der Waals surface area contributed by atoms with Crippen LogP contribution >= 0.6 is 0 Å². The van der Waals surface area contributed by atoms with Crippen LogP contribution in [-0.2, 0) is 14.4 Å². The molecule has 0 aromatic rings. The average Bonchev–Trinajstić information content (AvgIpc) is 2.60. The second kappa shape index (κ2) is 8.87. The molecule has 2 heterocycles. The van der Waals surface area contributed by atoms with Gasteiger partial charge in [-0.25, -0.2) is 0 Å². The van der Waals surface area contributed by atoms with Gasteiger partial charge >= 0.3 is 0 Å². The molecule has 26 heavy (non-hydrogen) atoms. The molecule has 6 heteroatoms. The highest BCUT2D eigenvalue weighted by atomic mass is 16.2. The minimum atomic E-state index is -0.412. The molecule has 2 aliphatic rings. The summed E-state index contributed by atoms with van der Waals surface area (Å²) in [6, 6.07) is 0.0580. The number of nitrogens with one attached hydrogen (secondary N) is 1. The first-order valence-corrected chi connectivity index (χ1v) is 10.1. The average molecular weight is 366 g/mol. The van der Waals surface area contributed by atoms with Crippen molar-refractivity contribution < 1.29 is 14.4 Å². The molecule has 0 aliphatic carbocycles. The number of likely N-dealkylation sites (tertiary alicyclic amines) is 2. The number of amides is 3. The molecule has 2 aliphatic heterocycles. The lowest BCUT2D eigenvalue weighted by Gasteiger charge is -2.39. The van der Waals surface area contributed by atoms with Crippen molar-refractivity contribution in [1.29, 1.82) is 0 Å². The fourth-order valence-corrected chi connectivity index (χ4v) is 3.92. The van der Waals surface area contributed by atoms with E-state index in [1.54, 1.807) is 0 Å². The molecular weight excluding hydrogens is 330 g/mol. The number of hydrogen-bond acceptors (Lipinski definition) is 3. The van der Waals surface area contributed by atoms with Gasteiger partial charge in [0, 0.05) is 44.1 Å². The SMILES string of the molecule is CCCC(=O)NC1CCCN(C(=O)C2CCCN(C(=O)C(C)(C)C)C2)C1. The third kappa shape index (κ3) is 5.45. The minimum absolute atomic E-state index is 0.0580. The van der Waals surface area contributed by atoms with Crippen molar-refractivity contribution in [2.75, 3.05) is 26.2 Å². The van der Waals surface area contributed by atoms with Gasteiger partial charge in [0.1, 0.15) is 0 Å². The summed E-state index contributed by atoms with van der Waals surface area (Å²) < 4.78 is 0. The summed E-state index contributed by atoms with van der Waals surface area (Å²) in [6.45, 7) is 10.4. The standard InChI is InChI=1S/C20H35N3O3/c1-5-8-17(24)21-16-10-7-11-22(14-16)18(25)15-9-6-12-23(13-15)19(26)20(2,3)4/h15-16H,5-14H2,1-4H3,(H,21,24). The van der Waals surface area contributed by atoms with E-state index in [-0.39, 0.29) is 29.7 Å². The predicted octanol–water partition coefficient (Wildman–Crippen LogP) is 2.18. The van der Waals surface area contributed by atoms with Crippen molar-refractivity contribution in [2.45, 2.75) is 72.3 Å². The van der Waals surface area contributed by atoms with Crippen LogP contribution in [0, 0.1) is 11.3 Å². The van der Waals surface area contributed by atoms with E-state index in [1.807, 2.05) is 37.5 Å². The number of nitrogens with zero attached hydrogens (tertiary/aromatic N) is 2. The molecule has 2 unspecified atom stereocenters. The van der Waals surface area contributed by atoms with E-state index < -0.39 is 5.41 Å². The molecule has 0 spiro atoms. The van der Waals surface area contributed by atoms with E-state index >= 15 is 0 Å². The Balaban J connectivity index is 1.93. The van der Waals surface area contributed by atoms with Crippen LogP contribution < -0.4 is 5.32 Å². The summed E-state index contributed by atoms with van der Waals surface area (Å²) in [4.78, 5) is 41.2. The van der Waals surface area contributed by atoms with Gasteiger partial charge in [-0.2, -0.15) is 0 Å². The molecule has 148 valence electrons. The van der Waals surface area contributed by atoms with Crippen LogP contribution in [0.25, 0.3) is 0 Å². The van der Waals surface area contributed by atoms with Crippen molar-refractivity contribution in [3.05, 3.63) is 0 Å². The Kier molecular flexibility index (Phi) is 7.07. The molecule has 2 saturated heterocycles. The largest absolute Gasteiger partial charge is 0.352 e. The molecule has 0 radical (unpaired) electrons. The van der Waals surface area contributed by atoms with Crippen LogP contribution in [0.15, 0.2) is 0 Å². The summed E-state index contributed by atoms with van der Waals surface area (Å²) in [7, 11) is 0. The van der Waals surface area contributed by atoms with Crippen molar-refractivity contribution in [3.8, 4) is 0 Å². The molecular formula is C20H35N3O3. The molecule has 0 aromatic carbocycles. The van der Waals surface area contributed by atoms with Crippen LogP contribution in [0.5, 0.6) is 0 Å². The summed E-state index contributed by atoms with van der Waals surface area (Å²) >= 11 is 0. The minimum Gasteiger partial charge on any atom is -0.352 e. The Bertz CT molecular complexity index is 527. The molecule has 2 fully saturated rings. The van der Waals surface area contributed by atoms with Gasteiger partial charge < -0.3 is 15.1 Å². The van der Waals surface area contributed by atoms with Crippen LogP contribution in [0.1, 0.15) is 66.2 Å². The Labute approximate surface area is 157 Å². The predicted molar refractivity (Wildman–Crippen MR) is 101 cm³/mol. The smallest absolute Gasteiger partial charge is 0.227 e. The fourth-order valence-electron chi connectivity index (χ4n) is 3.92. The van der Waals surface area contributed by atoms with E-state index in [0.29, 0.717) is 19.5 Å². The topological polar surface area (TPSA) is 69.7 Å². The maximum absolute atomic E-state index is 13.0.